The van der Waals surface area contributed by atoms with E-state index in [1.165, 1.54) is 11.1 Å². The molecule has 110 valence electrons. The van der Waals surface area contributed by atoms with Gasteiger partial charge in [0.2, 0.25) is 0 Å². The van der Waals surface area contributed by atoms with Crippen LogP contribution in [0.25, 0.3) is 0 Å². The summed E-state index contributed by atoms with van der Waals surface area (Å²) < 4.78 is 5.85. The van der Waals surface area contributed by atoms with Crippen LogP contribution in [-0.4, -0.2) is 12.4 Å². The van der Waals surface area contributed by atoms with Crippen molar-refractivity contribution in [2.45, 2.75) is 32.6 Å². The number of ketones is 1. The quantitative estimate of drug-likeness (QED) is 0.670. The molecule has 2 aromatic rings. The van der Waals surface area contributed by atoms with Gasteiger partial charge in [-0.15, -0.1) is 0 Å². The van der Waals surface area contributed by atoms with Crippen molar-refractivity contribution in [3.8, 4) is 5.75 Å². The molecule has 0 saturated heterocycles. The van der Waals surface area contributed by atoms with E-state index in [-0.39, 0.29) is 0 Å². The molecule has 0 aliphatic rings. The van der Waals surface area contributed by atoms with Crippen LogP contribution in [0.15, 0.2) is 54.6 Å². The van der Waals surface area contributed by atoms with Gasteiger partial charge in [-0.25, -0.2) is 0 Å². The molecule has 2 heteroatoms. The molecule has 0 aromatic heterocycles. The lowest BCUT2D eigenvalue weighted by Gasteiger charge is -2.11. The van der Waals surface area contributed by atoms with Gasteiger partial charge >= 0.3 is 0 Å². The Labute approximate surface area is 126 Å². The Balaban J connectivity index is 1.92. The van der Waals surface area contributed by atoms with Crippen LogP contribution in [0.5, 0.6) is 5.75 Å². The minimum absolute atomic E-state index is 0.302. The van der Waals surface area contributed by atoms with E-state index in [0.29, 0.717) is 25.2 Å². The fourth-order valence-corrected chi connectivity index (χ4v) is 2.23. The summed E-state index contributed by atoms with van der Waals surface area (Å²) in [5.41, 5.74) is 2.46. The highest BCUT2D eigenvalue weighted by Gasteiger charge is 2.05. The average molecular weight is 282 g/mol. The number of hydrogen-bond acceptors (Lipinski definition) is 2. The van der Waals surface area contributed by atoms with Crippen LogP contribution in [0, 0.1) is 0 Å². The summed E-state index contributed by atoms with van der Waals surface area (Å²) in [6.45, 7) is 2.50. The van der Waals surface area contributed by atoms with Crippen molar-refractivity contribution < 1.29 is 9.53 Å². The van der Waals surface area contributed by atoms with Crippen molar-refractivity contribution >= 4 is 5.78 Å². The second-order valence-electron chi connectivity index (χ2n) is 5.11. The first-order valence-electron chi connectivity index (χ1n) is 7.56. The minimum Gasteiger partial charge on any atom is -0.493 e. The maximum absolute atomic E-state index is 11.3. The van der Waals surface area contributed by atoms with Crippen molar-refractivity contribution in [1.29, 1.82) is 0 Å². The van der Waals surface area contributed by atoms with Gasteiger partial charge in [0.25, 0.3) is 0 Å². The van der Waals surface area contributed by atoms with Crippen LogP contribution in [0.4, 0.5) is 0 Å². The van der Waals surface area contributed by atoms with Crippen molar-refractivity contribution in [2.24, 2.45) is 0 Å². The highest BCUT2D eigenvalue weighted by molar-refractivity contribution is 5.77. The molecule has 0 amide bonds. The normalized spacial score (nSPS) is 10.3. The summed E-state index contributed by atoms with van der Waals surface area (Å²) in [7, 11) is 0. The molecule has 0 saturated carbocycles. The van der Waals surface area contributed by atoms with Gasteiger partial charge in [-0.05, 0) is 23.6 Å². The Morgan fingerprint density at radius 1 is 1.00 bits per heavy atom. The number of rotatable bonds is 8. The zero-order chi connectivity index (χ0) is 14.9. The Kier molecular flexibility index (Phi) is 6.01. The van der Waals surface area contributed by atoms with Crippen LogP contribution in [0.3, 0.4) is 0 Å². The van der Waals surface area contributed by atoms with Gasteiger partial charge in [0.05, 0.1) is 6.61 Å². The topological polar surface area (TPSA) is 26.3 Å². The number of benzene rings is 2. The van der Waals surface area contributed by atoms with Crippen LogP contribution in [-0.2, 0) is 11.2 Å². The van der Waals surface area contributed by atoms with Gasteiger partial charge in [0.15, 0.2) is 0 Å². The Hall–Kier alpha value is -2.09. The first-order chi connectivity index (χ1) is 10.3. The lowest BCUT2D eigenvalue weighted by Crippen LogP contribution is -2.04. The summed E-state index contributed by atoms with van der Waals surface area (Å²) in [5.74, 6) is 1.22. The Morgan fingerprint density at radius 2 is 1.71 bits per heavy atom. The number of Topliss-reactive ketones (excluding diaryl/α,β-unsaturated/α-hetero) is 1. The summed E-state index contributed by atoms with van der Waals surface area (Å²) in [6.07, 6.45) is 2.87. The Bertz CT molecular complexity index is 561. The molecule has 2 aromatic carbocycles. The SMILES string of the molecule is CCC(=O)CCCOc1ccccc1Cc1ccccc1. The van der Waals surface area contributed by atoms with E-state index in [1.54, 1.807) is 0 Å². The molecule has 2 nitrogen and oxygen atoms in total. The van der Waals surface area contributed by atoms with E-state index in [4.69, 9.17) is 4.74 Å². The third-order valence-corrected chi connectivity index (χ3v) is 3.46. The molecule has 0 atom stereocenters. The number of ether oxygens (including phenoxy) is 1. The zero-order valence-electron chi connectivity index (χ0n) is 12.5. The molecule has 2 rings (SSSR count). The maximum atomic E-state index is 11.3. The van der Waals surface area contributed by atoms with Gasteiger partial charge in [-0.1, -0.05) is 55.5 Å². The third-order valence-electron chi connectivity index (χ3n) is 3.46. The smallest absolute Gasteiger partial charge is 0.132 e. The minimum atomic E-state index is 0.302. The van der Waals surface area contributed by atoms with E-state index in [2.05, 4.69) is 30.3 Å². The third kappa shape index (κ3) is 5.07. The van der Waals surface area contributed by atoms with E-state index in [1.807, 2.05) is 31.2 Å². The molecule has 0 aliphatic carbocycles. The number of carbonyl (C=O) groups is 1. The maximum Gasteiger partial charge on any atom is 0.132 e. The van der Waals surface area contributed by atoms with E-state index in [9.17, 15) is 4.79 Å². The molecule has 0 spiro atoms. The molecule has 0 heterocycles. The van der Waals surface area contributed by atoms with Crippen molar-refractivity contribution in [2.75, 3.05) is 6.61 Å². The molecule has 0 unspecified atom stereocenters. The molecule has 21 heavy (non-hydrogen) atoms. The number of para-hydroxylation sites is 1. The lowest BCUT2D eigenvalue weighted by atomic mass is 10.0. The molecule has 0 fully saturated rings. The largest absolute Gasteiger partial charge is 0.493 e. The first-order valence-corrected chi connectivity index (χ1v) is 7.56. The number of carbonyl (C=O) groups excluding carboxylic acids is 1. The zero-order valence-corrected chi connectivity index (χ0v) is 12.5. The van der Waals surface area contributed by atoms with Gasteiger partial charge in [-0.3, -0.25) is 4.79 Å². The monoisotopic (exact) mass is 282 g/mol. The van der Waals surface area contributed by atoms with Crippen molar-refractivity contribution in [3.63, 3.8) is 0 Å². The first kappa shape index (κ1) is 15.3. The van der Waals surface area contributed by atoms with E-state index >= 15 is 0 Å². The van der Waals surface area contributed by atoms with Crippen LogP contribution in [0.1, 0.15) is 37.3 Å². The predicted octanol–water partition coefficient (Wildman–Crippen LogP) is 4.42. The fraction of sp³-hybridized carbons (Fsp3) is 0.316. The van der Waals surface area contributed by atoms with Crippen LogP contribution in [0.2, 0.25) is 0 Å². The second kappa shape index (κ2) is 8.25. The average Bonchev–Trinajstić information content (AvgIpc) is 2.53. The molecule has 0 bridgehead atoms. The standard InChI is InChI=1S/C19H22O2/c1-2-18(20)12-8-14-21-19-13-7-6-11-17(19)15-16-9-4-3-5-10-16/h3-7,9-11,13H,2,8,12,14-15H2,1H3. The number of hydrogen-bond donors (Lipinski definition) is 0. The van der Waals surface area contributed by atoms with Gasteiger partial charge in [0, 0.05) is 19.3 Å². The van der Waals surface area contributed by atoms with Crippen LogP contribution < -0.4 is 4.74 Å². The summed E-state index contributed by atoms with van der Waals surface area (Å²) in [6, 6.07) is 18.5. The van der Waals surface area contributed by atoms with Crippen molar-refractivity contribution in [1.82, 2.24) is 0 Å². The lowest BCUT2D eigenvalue weighted by molar-refractivity contribution is -0.118. The molecular formula is C19H22O2. The fourth-order valence-electron chi connectivity index (χ4n) is 2.23. The molecular weight excluding hydrogens is 260 g/mol. The van der Waals surface area contributed by atoms with E-state index < -0.39 is 0 Å². The second-order valence-corrected chi connectivity index (χ2v) is 5.11. The van der Waals surface area contributed by atoms with Crippen molar-refractivity contribution in [3.05, 3.63) is 65.7 Å². The van der Waals surface area contributed by atoms with Gasteiger partial charge in [0.1, 0.15) is 11.5 Å². The predicted molar refractivity (Wildman–Crippen MR) is 85.7 cm³/mol. The highest BCUT2D eigenvalue weighted by Crippen LogP contribution is 2.21. The van der Waals surface area contributed by atoms with Gasteiger partial charge < -0.3 is 4.74 Å². The van der Waals surface area contributed by atoms with Crippen LogP contribution >= 0.6 is 0 Å². The van der Waals surface area contributed by atoms with Gasteiger partial charge in [-0.2, -0.15) is 0 Å². The summed E-state index contributed by atoms with van der Waals surface area (Å²) in [4.78, 5) is 11.3. The summed E-state index contributed by atoms with van der Waals surface area (Å²) in [5, 5.41) is 0. The summed E-state index contributed by atoms with van der Waals surface area (Å²) >= 11 is 0. The Morgan fingerprint density at radius 3 is 2.48 bits per heavy atom. The molecule has 0 N–H and O–H groups in total. The highest BCUT2D eigenvalue weighted by atomic mass is 16.5. The molecule has 0 radical (unpaired) electrons. The molecule has 0 aliphatic heterocycles. The van der Waals surface area contributed by atoms with E-state index in [0.717, 1.165) is 18.6 Å².